The minimum atomic E-state index is -1.35. The fourth-order valence-corrected chi connectivity index (χ4v) is 4.27. The van der Waals surface area contributed by atoms with Crippen molar-refractivity contribution in [3.8, 4) is 0 Å². The summed E-state index contributed by atoms with van der Waals surface area (Å²) in [7, 11) is 0. The molecule has 1 atom stereocenters. The largest absolute Gasteiger partial charge is 0.478 e. The Labute approximate surface area is 193 Å². The average Bonchev–Trinajstić information content (AvgIpc) is 2.79. The zero-order chi connectivity index (χ0) is 23.4. The summed E-state index contributed by atoms with van der Waals surface area (Å²) in [6, 6.07) is 8.94. The van der Waals surface area contributed by atoms with Gasteiger partial charge in [-0.3, -0.25) is 9.59 Å². The molecule has 6 nitrogen and oxygen atoms in total. The molecule has 164 valence electrons. The van der Waals surface area contributed by atoms with Crippen LogP contribution < -0.4 is 0 Å². The lowest BCUT2D eigenvalue weighted by Gasteiger charge is -2.17. The summed E-state index contributed by atoms with van der Waals surface area (Å²) in [4.78, 5) is 51.1. The van der Waals surface area contributed by atoms with E-state index in [1.807, 2.05) is 12.5 Å². The SMILES string of the molecule is CSC1=CC(=O)C(Cc2cc(C(=O)O)c(C(=O)c3ccc(SC)cc3)cc2C(=O)O)C=C1. The van der Waals surface area contributed by atoms with Crippen LogP contribution in [0.15, 0.2) is 64.4 Å². The van der Waals surface area contributed by atoms with Crippen molar-refractivity contribution in [1.82, 2.24) is 0 Å². The van der Waals surface area contributed by atoms with Gasteiger partial charge in [-0.2, -0.15) is 0 Å². The van der Waals surface area contributed by atoms with Gasteiger partial charge in [0.25, 0.3) is 0 Å². The maximum Gasteiger partial charge on any atom is 0.336 e. The molecule has 0 fully saturated rings. The first-order chi connectivity index (χ1) is 15.2. The van der Waals surface area contributed by atoms with E-state index in [4.69, 9.17) is 0 Å². The Bertz CT molecular complexity index is 1160. The molecule has 8 heteroatoms. The van der Waals surface area contributed by atoms with E-state index in [0.717, 1.165) is 15.9 Å². The van der Waals surface area contributed by atoms with E-state index < -0.39 is 23.6 Å². The molecule has 1 unspecified atom stereocenters. The van der Waals surface area contributed by atoms with Crippen molar-refractivity contribution in [1.29, 1.82) is 0 Å². The van der Waals surface area contributed by atoms with E-state index in [0.29, 0.717) is 0 Å². The van der Waals surface area contributed by atoms with Crippen LogP contribution in [0.25, 0.3) is 0 Å². The molecular formula is C24H20O6S2. The maximum atomic E-state index is 13.0. The summed E-state index contributed by atoms with van der Waals surface area (Å²) >= 11 is 2.92. The van der Waals surface area contributed by atoms with E-state index in [1.165, 1.54) is 35.7 Å². The number of ketones is 2. The fraction of sp³-hybridized carbons (Fsp3) is 0.167. The third-order valence-electron chi connectivity index (χ3n) is 5.12. The van der Waals surface area contributed by atoms with E-state index in [9.17, 15) is 29.4 Å². The van der Waals surface area contributed by atoms with Crippen LogP contribution in [0.1, 0.15) is 42.2 Å². The first-order valence-electron chi connectivity index (χ1n) is 9.55. The number of thioether (sulfide) groups is 2. The third-order valence-corrected chi connectivity index (χ3v) is 6.59. The van der Waals surface area contributed by atoms with Crippen molar-refractivity contribution in [3.05, 3.63) is 87.3 Å². The number of hydrogen-bond acceptors (Lipinski definition) is 6. The van der Waals surface area contributed by atoms with Crippen LogP contribution in [-0.4, -0.2) is 46.2 Å². The molecule has 0 radical (unpaired) electrons. The van der Waals surface area contributed by atoms with Crippen molar-refractivity contribution >= 4 is 47.0 Å². The lowest BCUT2D eigenvalue weighted by atomic mass is 9.86. The molecule has 1 aliphatic carbocycles. The Balaban J connectivity index is 2.04. The topological polar surface area (TPSA) is 109 Å². The summed E-state index contributed by atoms with van der Waals surface area (Å²) < 4.78 is 0. The highest BCUT2D eigenvalue weighted by atomic mass is 32.2. The quantitative estimate of drug-likeness (QED) is 0.428. The Morgan fingerprint density at radius 1 is 0.906 bits per heavy atom. The van der Waals surface area contributed by atoms with E-state index in [-0.39, 0.29) is 40.0 Å². The normalized spacial score (nSPS) is 15.4. The smallest absolute Gasteiger partial charge is 0.336 e. The number of carbonyl (C=O) groups excluding carboxylic acids is 2. The van der Waals surface area contributed by atoms with Crippen molar-refractivity contribution in [2.24, 2.45) is 5.92 Å². The molecule has 32 heavy (non-hydrogen) atoms. The molecule has 0 aromatic heterocycles. The van der Waals surface area contributed by atoms with E-state index >= 15 is 0 Å². The predicted octanol–water partition coefficient (Wildman–Crippen LogP) is 4.58. The highest BCUT2D eigenvalue weighted by Crippen LogP contribution is 2.27. The molecule has 2 N–H and O–H groups in total. The molecular weight excluding hydrogens is 448 g/mol. The van der Waals surface area contributed by atoms with Crippen molar-refractivity contribution in [2.75, 3.05) is 12.5 Å². The molecule has 0 saturated heterocycles. The standard InChI is InChI=1S/C24H20O6S2/c1-31-16-6-3-13(4-7-16)22(26)19-12-18(23(27)28)15(10-20(19)24(29)30)9-14-5-8-17(32-2)11-21(14)25/h3-8,10-12,14H,9H2,1-2H3,(H,27,28)(H,29,30). The van der Waals surface area contributed by atoms with Crippen LogP contribution in [0.3, 0.4) is 0 Å². The van der Waals surface area contributed by atoms with Gasteiger partial charge in [0.05, 0.1) is 11.1 Å². The highest BCUT2D eigenvalue weighted by molar-refractivity contribution is 8.02. The predicted molar refractivity (Wildman–Crippen MR) is 125 cm³/mol. The molecule has 2 aromatic carbocycles. The van der Waals surface area contributed by atoms with Crippen LogP contribution in [0.4, 0.5) is 0 Å². The molecule has 1 aliphatic rings. The van der Waals surface area contributed by atoms with Crippen LogP contribution in [0.2, 0.25) is 0 Å². The number of allylic oxidation sites excluding steroid dienone is 3. The zero-order valence-electron chi connectivity index (χ0n) is 17.3. The van der Waals surface area contributed by atoms with Gasteiger partial charge >= 0.3 is 11.9 Å². The van der Waals surface area contributed by atoms with Crippen LogP contribution in [0, 0.1) is 5.92 Å². The number of carbonyl (C=O) groups is 4. The van der Waals surface area contributed by atoms with Crippen molar-refractivity contribution in [2.45, 2.75) is 11.3 Å². The first-order valence-corrected chi connectivity index (χ1v) is 12.0. The molecule has 2 aromatic rings. The zero-order valence-corrected chi connectivity index (χ0v) is 19.0. The van der Waals surface area contributed by atoms with Gasteiger partial charge in [-0.15, -0.1) is 23.5 Å². The molecule has 3 rings (SSSR count). The molecule has 0 bridgehead atoms. The van der Waals surface area contributed by atoms with Gasteiger partial charge in [-0.1, -0.05) is 12.2 Å². The number of rotatable bonds is 8. The lowest BCUT2D eigenvalue weighted by Crippen LogP contribution is -2.19. The van der Waals surface area contributed by atoms with Crippen molar-refractivity contribution < 1.29 is 29.4 Å². The summed E-state index contributed by atoms with van der Waals surface area (Å²) in [5, 5.41) is 19.5. The van der Waals surface area contributed by atoms with Gasteiger partial charge in [0.1, 0.15) is 0 Å². The summed E-state index contributed by atoms with van der Waals surface area (Å²) in [6.45, 7) is 0. The van der Waals surface area contributed by atoms with Gasteiger partial charge in [0.2, 0.25) is 0 Å². The molecule has 0 heterocycles. The number of hydrogen-bond donors (Lipinski definition) is 2. The van der Waals surface area contributed by atoms with Gasteiger partial charge in [-0.25, -0.2) is 9.59 Å². The van der Waals surface area contributed by atoms with Crippen LogP contribution >= 0.6 is 23.5 Å². The molecule has 0 aliphatic heterocycles. The third kappa shape index (κ3) is 5.03. The second-order valence-corrected chi connectivity index (χ2v) is 8.81. The van der Waals surface area contributed by atoms with E-state index in [2.05, 4.69) is 0 Å². The Hall–Kier alpha value is -3.10. The summed E-state index contributed by atoms with van der Waals surface area (Å²) in [5.41, 5.74) is -0.246. The average molecular weight is 469 g/mol. The Morgan fingerprint density at radius 3 is 2.09 bits per heavy atom. The fourth-order valence-electron chi connectivity index (χ4n) is 3.41. The molecule has 0 saturated carbocycles. The maximum absolute atomic E-state index is 13.0. The number of aromatic carboxylic acids is 2. The minimum Gasteiger partial charge on any atom is -0.478 e. The molecule has 0 amide bonds. The van der Waals surface area contributed by atoms with Gasteiger partial charge in [-0.05, 0) is 67.0 Å². The summed E-state index contributed by atoms with van der Waals surface area (Å²) in [5.74, 6) is -4.01. The second-order valence-electron chi connectivity index (χ2n) is 7.05. The van der Waals surface area contributed by atoms with Gasteiger partial charge in [0, 0.05) is 26.8 Å². The highest BCUT2D eigenvalue weighted by Gasteiger charge is 2.26. The van der Waals surface area contributed by atoms with Gasteiger partial charge < -0.3 is 10.2 Å². The first kappa shape index (κ1) is 23.6. The minimum absolute atomic E-state index is 0.0201. The monoisotopic (exact) mass is 468 g/mol. The van der Waals surface area contributed by atoms with Crippen LogP contribution in [-0.2, 0) is 11.2 Å². The number of carboxylic acids is 2. The Kier molecular flexibility index (Phi) is 7.37. The molecule has 0 spiro atoms. The Morgan fingerprint density at radius 2 is 1.56 bits per heavy atom. The summed E-state index contributed by atoms with van der Waals surface area (Å²) in [6.07, 6.45) is 8.71. The lowest BCUT2D eigenvalue weighted by molar-refractivity contribution is -0.117. The van der Waals surface area contributed by atoms with Crippen LogP contribution in [0.5, 0.6) is 0 Å². The number of carboxylic acid groups (broad SMARTS) is 2. The van der Waals surface area contributed by atoms with Crippen molar-refractivity contribution in [3.63, 3.8) is 0 Å². The number of benzene rings is 2. The van der Waals surface area contributed by atoms with E-state index in [1.54, 1.807) is 36.4 Å². The second kappa shape index (κ2) is 10.0. The van der Waals surface area contributed by atoms with Gasteiger partial charge in [0.15, 0.2) is 11.6 Å².